The van der Waals surface area contributed by atoms with Gasteiger partial charge >= 0.3 is 0 Å². The van der Waals surface area contributed by atoms with Crippen LogP contribution in [0, 0.1) is 12.7 Å². The first kappa shape index (κ1) is 17.9. The molecule has 0 spiro atoms. The number of benzene rings is 2. The second kappa shape index (κ2) is 7.93. The van der Waals surface area contributed by atoms with Gasteiger partial charge in [0.15, 0.2) is 0 Å². The minimum absolute atomic E-state index is 0.0506. The van der Waals surface area contributed by atoms with E-state index in [4.69, 9.17) is 11.6 Å². The molecule has 4 nitrogen and oxygen atoms in total. The molecule has 0 fully saturated rings. The van der Waals surface area contributed by atoms with Crippen molar-refractivity contribution in [1.82, 2.24) is 5.32 Å². The summed E-state index contributed by atoms with van der Waals surface area (Å²) in [5, 5.41) is 2.64. The van der Waals surface area contributed by atoms with Crippen LogP contribution in [0.1, 0.15) is 22.8 Å². The van der Waals surface area contributed by atoms with Crippen molar-refractivity contribution in [1.29, 1.82) is 0 Å². The molecule has 2 aromatic carbocycles. The van der Waals surface area contributed by atoms with E-state index >= 15 is 0 Å². The number of nitrogens with one attached hydrogen (secondary N) is 1. The molecule has 1 N–H and O–H groups in total. The maximum absolute atomic E-state index is 13.7. The van der Waals surface area contributed by atoms with Gasteiger partial charge in [0.2, 0.25) is 5.91 Å². The van der Waals surface area contributed by atoms with Crippen LogP contribution in [0.15, 0.2) is 42.5 Å². The number of halogens is 2. The average Bonchev–Trinajstić information content (AvgIpc) is 2.51. The molecule has 0 aliphatic heterocycles. The van der Waals surface area contributed by atoms with Crippen molar-refractivity contribution >= 4 is 29.1 Å². The van der Waals surface area contributed by atoms with Crippen LogP contribution in [0.3, 0.4) is 0 Å². The van der Waals surface area contributed by atoms with E-state index in [0.29, 0.717) is 0 Å². The zero-order valence-electron chi connectivity index (χ0n) is 13.5. The highest BCUT2D eigenvalue weighted by molar-refractivity contribution is 6.33. The third-order valence-corrected chi connectivity index (χ3v) is 3.82. The zero-order valence-corrected chi connectivity index (χ0v) is 14.2. The molecule has 2 aromatic rings. The molecule has 0 saturated heterocycles. The van der Waals surface area contributed by atoms with Crippen LogP contribution in [-0.2, 0) is 4.79 Å². The number of amides is 2. The van der Waals surface area contributed by atoms with Gasteiger partial charge in [-0.1, -0.05) is 29.8 Å². The number of anilines is 1. The second-order valence-electron chi connectivity index (χ2n) is 5.36. The van der Waals surface area contributed by atoms with Crippen LogP contribution in [-0.4, -0.2) is 24.9 Å². The summed E-state index contributed by atoms with van der Waals surface area (Å²) in [4.78, 5) is 25.5. The van der Waals surface area contributed by atoms with Crippen molar-refractivity contribution in [3.8, 4) is 0 Å². The maximum Gasteiger partial charge on any atom is 0.255 e. The van der Waals surface area contributed by atoms with Crippen LogP contribution >= 0.6 is 11.6 Å². The molecule has 2 rings (SSSR count). The molecule has 0 aromatic heterocycles. The lowest BCUT2D eigenvalue weighted by molar-refractivity contribution is -0.116. The number of nitrogens with zero attached hydrogens (tertiary/aromatic N) is 1. The van der Waals surface area contributed by atoms with Crippen LogP contribution < -0.4 is 10.2 Å². The van der Waals surface area contributed by atoms with Gasteiger partial charge in [-0.25, -0.2) is 4.39 Å². The quantitative estimate of drug-likeness (QED) is 0.898. The van der Waals surface area contributed by atoms with Crippen molar-refractivity contribution in [3.63, 3.8) is 0 Å². The molecule has 24 heavy (non-hydrogen) atoms. The summed E-state index contributed by atoms with van der Waals surface area (Å²) < 4.78 is 13.7. The van der Waals surface area contributed by atoms with Gasteiger partial charge in [-0.3, -0.25) is 9.59 Å². The topological polar surface area (TPSA) is 49.4 Å². The zero-order chi connectivity index (χ0) is 17.7. The molecule has 0 radical (unpaired) electrons. The van der Waals surface area contributed by atoms with E-state index in [2.05, 4.69) is 5.32 Å². The van der Waals surface area contributed by atoms with Gasteiger partial charge in [0.05, 0.1) is 10.6 Å². The minimum atomic E-state index is -0.679. The highest BCUT2D eigenvalue weighted by Gasteiger charge is 2.16. The van der Waals surface area contributed by atoms with Crippen molar-refractivity contribution in [2.45, 2.75) is 13.8 Å². The van der Waals surface area contributed by atoms with E-state index in [1.165, 1.54) is 25.1 Å². The molecule has 0 atom stereocenters. The maximum atomic E-state index is 13.7. The molecule has 126 valence electrons. The van der Waals surface area contributed by atoms with Crippen LogP contribution in [0.2, 0.25) is 5.02 Å². The molecule has 0 unspecified atom stereocenters. The van der Waals surface area contributed by atoms with Gasteiger partial charge < -0.3 is 10.2 Å². The highest BCUT2D eigenvalue weighted by Crippen LogP contribution is 2.19. The highest BCUT2D eigenvalue weighted by atomic mass is 35.5. The molecule has 6 heteroatoms. The Morgan fingerprint density at radius 1 is 1.21 bits per heavy atom. The van der Waals surface area contributed by atoms with E-state index in [9.17, 15) is 14.0 Å². The fourth-order valence-electron chi connectivity index (χ4n) is 2.35. The van der Waals surface area contributed by atoms with Crippen LogP contribution in [0.25, 0.3) is 0 Å². The third kappa shape index (κ3) is 4.32. The Labute approximate surface area is 145 Å². The van der Waals surface area contributed by atoms with Crippen molar-refractivity contribution < 1.29 is 14.0 Å². The minimum Gasteiger partial charge on any atom is -0.350 e. The van der Waals surface area contributed by atoms with Crippen LogP contribution in [0.5, 0.6) is 0 Å². The fourth-order valence-corrected chi connectivity index (χ4v) is 2.60. The predicted molar refractivity (Wildman–Crippen MR) is 92.9 cm³/mol. The van der Waals surface area contributed by atoms with Gasteiger partial charge in [0.25, 0.3) is 5.91 Å². The second-order valence-corrected chi connectivity index (χ2v) is 5.77. The van der Waals surface area contributed by atoms with E-state index in [-0.39, 0.29) is 29.6 Å². The van der Waals surface area contributed by atoms with Crippen LogP contribution in [0.4, 0.5) is 10.1 Å². The molecular formula is C18H18ClFN2O2. The third-order valence-electron chi connectivity index (χ3n) is 3.50. The van der Waals surface area contributed by atoms with E-state index in [1.807, 2.05) is 31.2 Å². The Morgan fingerprint density at radius 2 is 1.92 bits per heavy atom. The van der Waals surface area contributed by atoms with E-state index < -0.39 is 11.7 Å². The Morgan fingerprint density at radius 3 is 2.54 bits per heavy atom. The lowest BCUT2D eigenvalue weighted by Gasteiger charge is -2.22. The molecule has 0 aliphatic carbocycles. The number of hydrogen-bond acceptors (Lipinski definition) is 2. The number of rotatable bonds is 5. The molecular weight excluding hydrogens is 331 g/mol. The molecule has 0 aliphatic rings. The standard InChI is InChI=1S/C18H18ClFN2O2/c1-12-5-3-6-14(11-12)22(13(2)23)10-9-21-18(24)17-15(19)7-4-8-16(17)20/h3-8,11H,9-10H2,1-2H3,(H,21,24). The number of hydrogen-bond donors (Lipinski definition) is 1. The predicted octanol–water partition coefficient (Wildman–Crippen LogP) is 3.57. The Hall–Kier alpha value is -2.40. The Bertz CT molecular complexity index is 744. The van der Waals surface area contributed by atoms with E-state index in [1.54, 1.807) is 4.90 Å². The fraction of sp³-hybridized carbons (Fsp3) is 0.222. The summed E-state index contributed by atoms with van der Waals surface area (Å²) in [7, 11) is 0. The van der Waals surface area contributed by atoms with Gasteiger partial charge in [-0.05, 0) is 36.8 Å². The Kier molecular flexibility index (Phi) is 5.93. The number of carbonyl (C=O) groups excluding carboxylic acids is 2. The first-order valence-corrected chi connectivity index (χ1v) is 7.85. The SMILES string of the molecule is CC(=O)N(CCNC(=O)c1c(F)cccc1Cl)c1cccc(C)c1. The molecule has 2 amide bonds. The largest absolute Gasteiger partial charge is 0.350 e. The van der Waals surface area contributed by atoms with Gasteiger partial charge in [0, 0.05) is 25.7 Å². The monoisotopic (exact) mass is 348 g/mol. The van der Waals surface area contributed by atoms with Crippen molar-refractivity contribution in [2.75, 3.05) is 18.0 Å². The first-order valence-electron chi connectivity index (χ1n) is 7.47. The lowest BCUT2D eigenvalue weighted by Crippen LogP contribution is -2.37. The Balaban J connectivity index is 2.03. The summed E-state index contributed by atoms with van der Waals surface area (Å²) in [6, 6.07) is 11.6. The summed E-state index contributed by atoms with van der Waals surface area (Å²) in [5.74, 6) is -1.42. The molecule has 0 heterocycles. The summed E-state index contributed by atoms with van der Waals surface area (Å²) in [6.45, 7) is 3.84. The smallest absolute Gasteiger partial charge is 0.255 e. The van der Waals surface area contributed by atoms with Gasteiger partial charge in [0.1, 0.15) is 5.82 Å². The lowest BCUT2D eigenvalue weighted by atomic mass is 10.2. The molecule has 0 bridgehead atoms. The van der Waals surface area contributed by atoms with Crippen molar-refractivity contribution in [2.24, 2.45) is 0 Å². The summed E-state index contributed by atoms with van der Waals surface area (Å²) in [6.07, 6.45) is 0. The summed E-state index contributed by atoms with van der Waals surface area (Å²) >= 11 is 5.86. The first-order chi connectivity index (χ1) is 11.4. The number of aryl methyl sites for hydroxylation is 1. The van der Waals surface area contributed by atoms with Crippen molar-refractivity contribution in [3.05, 3.63) is 64.4 Å². The summed E-state index contributed by atoms with van der Waals surface area (Å²) in [5.41, 5.74) is 1.59. The van der Waals surface area contributed by atoms with Gasteiger partial charge in [-0.15, -0.1) is 0 Å². The normalized spacial score (nSPS) is 10.3. The average molecular weight is 349 g/mol. The molecule has 0 saturated carbocycles. The van der Waals surface area contributed by atoms with E-state index in [0.717, 1.165) is 11.3 Å². The number of carbonyl (C=O) groups is 2. The van der Waals surface area contributed by atoms with Gasteiger partial charge in [-0.2, -0.15) is 0 Å².